The maximum atomic E-state index is 11.7. The van der Waals surface area contributed by atoms with Gasteiger partial charge >= 0.3 is 6.09 Å². The number of nitrogens with two attached hydrogens (primary N) is 1. The molecule has 5 nitrogen and oxygen atoms in total. The molecular weight excluding hydrogens is 220 g/mol. The molecule has 0 atom stereocenters. The van der Waals surface area contributed by atoms with E-state index in [0.717, 1.165) is 0 Å². The van der Waals surface area contributed by atoms with E-state index in [1.54, 1.807) is 4.90 Å². The number of hydrogen-bond donors (Lipinski definition) is 1. The summed E-state index contributed by atoms with van der Waals surface area (Å²) in [5.74, 6) is 5.52. The summed E-state index contributed by atoms with van der Waals surface area (Å²) in [5, 5.41) is 0. The third-order valence-corrected chi connectivity index (χ3v) is 3.09. The largest absolute Gasteiger partial charge is 0.444 e. The fraction of sp³-hybridized carbons (Fsp3) is 0.917. The average Bonchev–Trinajstić information content (AvgIpc) is 1.94. The van der Waals surface area contributed by atoms with Crippen molar-refractivity contribution in [3.63, 3.8) is 0 Å². The first-order chi connectivity index (χ1) is 7.65. The van der Waals surface area contributed by atoms with Gasteiger partial charge in [-0.05, 0) is 26.2 Å². The molecule has 0 aliphatic carbocycles. The molecule has 100 valence electrons. The quantitative estimate of drug-likeness (QED) is 0.768. The Morgan fingerprint density at radius 1 is 1.29 bits per heavy atom. The highest BCUT2D eigenvalue weighted by Gasteiger charge is 2.42. The number of amides is 1. The summed E-state index contributed by atoms with van der Waals surface area (Å²) in [6.07, 6.45) is -0.238. The first-order valence-corrected chi connectivity index (χ1v) is 5.95. The molecule has 1 aliphatic rings. The zero-order valence-electron chi connectivity index (χ0n) is 11.4. The van der Waals surface area contributed by atoms with Crippen molar-refractivity contribution in [1.29, 1.82) is 0 Å². The third-order valence-electron chi connectivity index (χ3n) is 3.09. The van der Waals surface area contributed by atoms with Crippen LogP contribution in [0.15, 0.2) is 0 Å². The molecule has 1 heterocycles. The molecule has 0 saturated carbocycles. The molecule has 1 aliphatic heterocycles. The molecular formula is C12H24N2O3. The van der Waals surface area contributed by atoms with Gasteiger partial charge in [-0.1, -0.05) is 13.8 Å². The van der Waals surface area contributed by atoms with Crippen LogP contribution in [0.1, 0.15) is 34.6 Å². The van der Waals surface area contributed by atoms with Crippen molar-refractivity contribution in [2.75, 3.05) is 19.7 Å². The molecule has 17 heavy (non-hydrogen) atoms. The molecule has 0 radical (unpaired) electrons. The predicted molar refractivity (Wildman–Crippen MR) is 65.2 cm³/mol. The molecule has 5 heteroatoms. The number of ether oxygens (including phenoxy) is 1. The van der Waals surface area contributed by atoms with Crippen molar-refractivity contribution >= 4 is 6.09 Å². The van der Waals surface area contributed by atoms with Crippen LogP contribution >= 0.6 is 0 Å². The number of likely N-dealkylation sites (tertiary alicyclic amines) is 1. The Balaban J connectivity index is 2.39. The van der Waals surface area contributed by atoms with Crippen LogP contribution in [0.5, 0.6) is 0 Å². The van der Waals surface area contributed by atoms with Gasteiger partial charge in [0.1, 0.15) is 5.60 Å². The molecule has 1 saturated heterocycles. The Labute approximate surface area is 103 Å². The fourth-order valence-corrected chi connectivity index (χ4v) is 1.78. The van der Waals surface area contributed by atoms with Crippen molar-refractivity contribution in [3.8, 4) is 0 Å². The summed E-state index contributed by atoms with van der Waals surface area (Å²) in [6, 6.07) is 0. The van der Waals surface area contributed by atoms with Crippen LogP contribution in [-0.4, -0.2) is 36.3 Å². The normalized spacial score (nSPS) is 17.9. The number of carbonyl (C=O) groups is 1. The number of hydrogen-bond acceptors (Lipinski definition) is 4. The fourth-order valence-electron chi connectivity index (χ4n) is 1.78. The monoisotopic (exact) mass is 244 g/mol. The van der Waals surface area contributed by atoms with Crippen LogP contribution < -0.4 is 5.90 Å². The minimum atomic E-state index is -0.432. The molecule has 0 aromatic rings. The molecule has 0 bridgehead atoms. The lowest BCUT2D eigenvalue weighted by atomic mass is 9.75. The van der Waals surface area contributed by atoms with Crippen molar-refractivity contribution in [3.05, 3.63) is 0 Å². The zero-order valence-corrected chi connectivity index (χ0v) is 11.4. The van der Waals surface area contributed by atoms with Gasteiger partial charge in [-0.3, -0.25) is 0 Å². The van der Waals surface area contributed by atoms with Gasteiger partial charge in [-0.2, -0.15) is 0 Å². The van der Waals surface area contributed by atoms with E-state index in [9.17, 15) is 4.79 Å². The second-order valence-electron chi connectivity index (χ2n) is 6.38. The third kappa shape index (κ3) is 3.85. The van der Waals surface area contributed by atoms with Gasteiger partial charge in [0.15, 0.2) is 0 Å². The van der Waals surface area contributed by atoms with Gasteiger partial charge in [0.2, 0.25) is 0 Å². The van der Waals surface area contributed by atoms with E-state index in [4.69, 9.17) is 15.5 Å². The molecule has 1 amide bonds. The van der Waals surface area contributed by atoms with E-state index in [0.29, 0.717) is 25.6 Å². The lowest BCUT2D eigenvalue weighted by molar-refractivity contribution is -0.0506. The molecule has 1 rings (SSSR count). The van der Waals surface area contributed by atoms with Crippen molar-refractivity contribution < 1.29 is 14.4 Å². The standard InChI is InChI=1S/C12H24N2O3/c1-11(2,3)17-10(15)14-6-9(7-14)12(4,5)8-16-13/h9H,6-8,13H2,1-5H3. The van der Waals surface area contributed by atoms with Crippen LogP contribution in [-0.2, 0) is 9.57 Å². The van der Waals surface area contributed by atoms with E-state index in [2.05, 4.69) is 13.8 Å². The summed E-state index contributed by atoms with van der Waals surface area (Å²) in [6.45, 7) is 11.7. The van der Waals surface area contributed by atoms with Crippen molar-refractivity contribution in [1.82, 2.24) is 4.90 Å². The maximum Gasteiger partial charge on any atom is 0.410 e. The molecule has 0 aromatic carbocycles. The highest BCUT2D eigenvalue weighted by atomic mass is 16.6. The van der Waals surface area contributed by atoms with Crippen molar-refractivity contribution in [2.45, 2.75) is 40.2 Å². The molecule has 0 spiro atoms. The second kappa shape index (κ2) is 4.82. The van der Waals surface area contributed by atoms with Gasteiger partial charge in [-0.25, -0.2) is 10.7 Å². The zero-order chi connectivity index (χ0) is 13.3. The number of carbonyl (C=O) groups excluding carboxylic acids is 1. The SMILES string of the molecule is CC(C)(C)OC(=O)N1CC(C(C)(C)CON)C1. The molecule has 0 unspecified atom stereocenters. The van der Waals surface area contributed by atoms with E-state index in [1.165, 1.54) is 0 Å². The molecule has 2 N–H and O–H groups in total. The highest BCUT2D eigenvalue weighted by Crippen LogP contribution is 2.34. The van der Waals surface area contributed by atoms with Crippen LogP contribution in [0.2, 0.25) is 0 Å². The van der Waals surface area contributed by atoms with Crippen LogP contribution in [0.25, 0.3) is 0 Å². The first kappa shape index (κ1) is 14.3. The summed E-state index contributed by atoms with van der Waals surface area (Å²) in [5.41, 5.74) is -0.439. The lowest BCUT2D eigenvalue weighted by Gasteiger charge is -2.47. The lowest BCUT2D eigenvalue weighted by Crippen LogP contribution is -2.57. The predicted octanol–water partition coefficient (Wildman–Crippen LogP) is 1.77. The van der Waals surface area contributed by atoms with E-state index in [1.807, 2.05) is 20.8 Å². The average molecular weight is 244 g/mol. The van der Waals surface area contributed by atoms with E-state index >= 15 is 0 Å². The Kier molecular flexibility index (Phi) is 4.04. The summed E-state index contributed by atoms with van der Waals surface area (Å²) >= 11 is 0. The highest BCUT2D eigenvalue weighted by molar-refractivity contribution is 5.69. The van der Waals surface area contributed by atoms with Gasteiger partial charge < -0.3 is 14.5 Å². The Morgan fingerprint density at radius 2 is 1.82 bits per heavy atom. The minimum absolute atomic E-state index is 0.00668. The minimum Gasteiger partial charge on any atom is -0.444 e. The van der Waals surface area contributed by atoms with Crippen LogP contribution in [0.4, 0.5) is 4.79 Å². The van der Waals surface area contributed by atoms with Crippen LogP contribution in [0.3, 0.4) is 0 Å². The maximum absolute atomic E-state index is 11.7. The topological polar surface area (TPSA) is 64.8 Å². The van der Waals surface area contributed by atoms with Crippen molar-refractivity contribution in [2.24, 2.45) is 17.2 Å². The van der Waals surface area contributed by atoms with Gasteiger partial charge in [0, 0.05) is 19.0 Å². The summed E-state index contributed by atoms with van der Waals surface area (Å²) in [4.78, 5) is 18.1. The number of rotatable bonds is 3. The van der Waals surface area contributed by atoms with Gasteiger partial charge in [0.25, 0.3) is 0 Å². The first-order valence-electron chi connectivity index (χ1n) is 5.95. The van der Waals surface area contributed by atoms with E-state index < -0.39 is 5.60 Å². The van der Waals surface area contributed by atoms with Crippen LogP contribution in [0, 0.1) is 11.3 Å². The van der Waals surface area contributed by atoms with Gasteiger partial charge in [0.05, 0.1) is 6.61 Å². The smallest absolute Gasteiger partial charge is 0.410 e. The van der Waals surface area contributed by atoms with E-state index in [-0.39, 0.29) is 11.5 Å². The number of nitrogens with zero attached hydrogens (tertiary/aromatic N) is 1. The second-order valence-corrected chi connectivity index (χ2v) is 6.38. The Morgan fingerprint density at radius 3 is 2.24 bits per heavy atom. The summed E-state index contributed by atoms with van der Waals surface area (Å²) in [7, 11) is 0. The molecule has 0 aromatic heterocycles. The summed E-state index contributed by atoms with van der Waals surface area (Å²) < 4.78 is 5.29. The van der Waals surface area contributed by atoms with Gasteiger partial charge in [-0.15, -0.1) is 0 Å². The molecule has 1 fully saturated rings. The Bertz CT molecular complexity index is 278. The Hall–Kier alpha value is -0.810.